The fourth-order valence-corrected chi connectivity index (χ4v) is 2.14. The van der Waals surface area contributed by atoms with E-state index in [4.69, 9.17) is 0 Å². The molecule has 0 saturated heterocycles. The van der Waals surface area contributed by atoms with Crippen molar-refractivity contribution in [2.75, 3.05) is 4.90 Å². The van der Waals surface area contributed by atoms with Gasteiger partial charge in [0.05, 0.1) is 12.2 Å². The lowest BCUT2D eigenvalue weighted by atomic mass is 10.1. The maximum Gasteiger partial charge on any atom is 0.482 e. The molecule has 1 amide bonds. The van der Waals surface area contributed by atoms with Gasteiger partial charge in [0, 0.05) is 0 Å². The van der Waals surface area contributed by atoms with E-state index in [-0.39, 0.29) is 18.0 Å². The molecule has 2 aromatic rings. The topological polar surface area (TPSA) is 29.5 Å². The number of alkyl halides is 2. The Balaban J connectivity index is 1.99. The highest BCUT2D eigenvalue weighted by molar-refractivity contribution is 6.00. The summed E-state index contributed by atoms with van der Waals surface area (Å²) in [5.41, 5.74) is 0.801. The predicted octanol–water partition coefficient (Wildman–Crippen LogP) is 3.34. The second-order valence-corrected chi connectivity index (χ2v) is 4.60. The number of halogens is 3. The van der Waals surface area contributed by atoms with E-state index in [0.29, 0.717) is 5.56 Å². The van der Waals surface area contributed by atoms with Crippen molar-refractivity contribution in [3.05, 3.63) is 59.9 Å². The SMILES string of the molecule is O=C1N(Cc2ccc(F)cc2)c2ccccc2OC1(F)F. The zero-order valence-electron chi connectivity index (χ0n) is 10.7. The van der Waals surface area contributed by atoms with Gasteiger partial charge in [0.25, 0.3) is 0 Å². The fourth-order valence-electron chi connectivity index (χ4n) is 2.14. The van der Waals surface area contributed by atoms with E-state index >= 15 is 0 Å². The number of ether oxygens (including phenoxy) is 1. The molecule has 0 aromatic heterocycles. The maximum atomic E-state index is 13.6. The summed E-state index contributed by atoms with van der Waals surface area (Å²) < 4.78 is 44.6. The molecular formula is C15H10F3NO2. The zero-order valence-corrected chi connectivity index (χ0v) is 10.7. The number of rotatable bonds is 2. The minimum Gasteiger partial charge on any atom is -0.423 e. The van der Waals surface area contributed by atoms with Crippen molar-refractivity contribution in [3.8, 4) is 5.75 Å². The number of nitrogens with zero attached hydrogens (tertiary/aromatic N) is 1. The second-order valence-electron chi connectivity index (χ2n) is 4.60. The van der Waals surface area contributed by atoms with Gasteiger partial charge in [-0.2, -0.15) is 8.78 Å². The standard InChI is InChI=1S/C15H10F3NO2/c16-11-7-5-10(6-8-11)9-19-12-3-1-2-4-13(12)21-15(17,18)14(19)20/h1-8H,9H2. The first kappa shape index (κ1) is 13.5. The fraction of sp³-hybridized carbons (Fsp3) is 0.133. The molecule has 1 aliphatic heterocycles. The lowest BCUT2D eigenvalue weighted by Gasteiger charge is -2.33. The van der Waals surface area contributed by atoms with Crippen LogP contribution in [0.25, 0.3) is 0 Å². The Morgan fingerprint density at radius 1 is 1.05 bits per heavy atom. The highest BCUT2D eigenvalue weighted by atomic mass is 19.3. The lowest BCUT2D eigenvalue weighted by molar-refractivity contribution is -0.193. The molecule has 0 radical (unpaired) electrons. The number of para-hydroxylation sites is 2. The molecular weight excluding hydrogens is 283 g/mol. The van der Waals surface area contributed by atoms with Crippen LogP contribution in [-0.4, -0.2) is 12.0 Å². The third-order valence-electron chi connectivity index (χ3n) is 3.14. The van der Waals surface area contributed by atoms with Gasteiger partial charge in [-0.1, -0.05) is 24.3 Å². The molecule has 0 N–H and O–H groups in total. The molecule has 0 bridgehead atoms. The van der Waals surface area contributed by atoms with Crippen LogP contribution in [0.5, 0.6) is 5.75 Å². The summed E-state index contributed by atoms with van der Waals surface area (Å²) in [6.07, 6.45) is -3.91. The van der Waals surface area contributed by atoms with Crippen LogP contribution in [0.1, 0.15) is 5.56 Å². The average Bonchev–Trinajstić information content (AvgIpc) is 2.45. The first-order chi connectivity index (χ1) is 9.97. The van der Waals surface area contributed by atoms with Gasteiger partial charge < -0.3 is 4.74 Å². The third-order valence-corrected chi connectivity index (χ3v) is 3.14. The summed E-state index contributed by atoms with van der Waals surface area (Å²) in [5.74, 6) is -1.94. The van der Waals surface area contributed by atoms with Crippen LogP contribution >= 0.6 is 0 Å². The Kier molecular flexibility index (Phi) is 3.08. The molecule has 1 heterocycles. The monoisotopic (exact) mass is 293 g/mol. The van der Waals surface area contributed by atoms with Gasteiger partial charge in [-0.3, -0.25) is 9.69 Å². The van der Waals surface area contributed by atoms with Gasteiger partial charge in [-0.05, 0) is 29.8 Å². The minimum absolute atomic E-state index is 0.0655. The Bertz CT molecular complexity index is 686. The van der Waals surface area contributed by atoms with Gasteiger partial charge in [0.1, 0.15) is 5.82 Å². The zero-order chi connectivity index (χ0) is 15.0. The van der Waals surface area contributed by atoms with Gasteiger partial charge in [-0.15, -0.1) is 0 Å². The quantitative estimate of drug-likeness (QED) is 0.850. The summed E-state index contributed by atoms with van der Waals surface area (Å²) in [6, 6.07) is 11.4. The smallest absolute Gasteiger partial charge is 0.423 e. The molecule has 0 fully saturated rings. The normalized spacial score (nSPS) is 16.3. The summed E-state index contributed by atoms with van der Waals surface area (Å²) in [4.78, 5) is 12.8. The predicted molar refractivity (Wildman–Crippen MR) is 69.6 cm³/mol. The molecule has 3 rings (SSSR count). The Hall–Kier alpha value is -2.50. The first-order valence-corrected chi connectivity index (χ1v) is 6.20. The molecule has 21 heavy (non-hydrogen) atoms. The lowest BCUT2D eigenvalue weighted by Crippen LogP contribution is -2.50. The van der Waals surface area contributed by atoms with Crippen molar-refractivity contribution in [1.82, 2.24) is 0 Å². The number of fused-ring (bicyclic) bond motifs is 1. The molecule has 0 spiro atoms. The van der Waals surface area contributed by atoms with Crippen LogP contribution in [0.3, 0.4) is 0 Å². The van der Waals surface area contributed by atoms with Crippen LogP contribution in [0.4, 0.5) is 18.9 Å². The highest BCUT2D eigenvalue weighted by Crippen LogP contribution is 2.39. The van der Waals surface area contributed by atoms with Crippen molar-refractivity contribution in [3.63, 3.8) is 0 Å². The number of anilines is 1. The molecule has 0 aliphatic carbocycles. The van der Waals surface area contributed by atoms with E-state index in [1.165, 1.54) is 36.4 Å². The number of hydrogen-bond acceptors (Lipinski definition) is 2. The molecule has 6 heteroatoms. The molecule has 0 saturated carbocycles. The average molecular weight is 293 g/mol. The molecule has 0 atom stereocenters. The van der Waals surface area contributed by atoms with E-state index in [0.717, 1.165) is 4.90 Å². The largest absolute Gasteiger partial charge is 0.482 e. The van der Waals surface area contributed by atoms with Crippen molar-refractivity contribution in [1.29, 1.82) is 0 Å². The van der Waals surface area contributed by atoms with Crippen LogP contribution in [0, 0.1) is 5.82 Å². The second kappa shape index (κ2) is 4.80. The maximum absolute atomic E-state index is 13.6. The third kappa shape index (κ3) is 2.44. The Morgan fingerprint density at radius 2 is 1.71 bits per heavy atom. The van der Waals surface area contributed by atoms with E-state index in [1.54, 1.807) is 12.1 Å². The number of benzene rings is 2. The van der Waals surface area contributed by atoms with Crippen molar-refractivity contribution < 1.29 is 22.7 Å². The van der Waals surface area contributed by atoms with Crippen LogP contribution < -0.4 is 9.64 Å². The van der Waals surface area contributed by atoms with Crippen molar-refractivity contribution in [2.45, 2.75) is 12.7 Å². The summed E-state index contributed by atoms with van der Waals surface area (Å²) >= 11 is 0. The van der Waals surface area contributed by atoms with E-state index < -0.39 is 17.8 Å². The van der Waals surface area contributed by atoms with Gasteiger partial charge in [-0.25, -0.2) is 4.39 Å². The first-order valence-electron chi connectivity index (χ1n) is 6.20. The number of carbonyl (C=O) groups is 1. The number of hydrogen-bond donors (Lipinski definition) is 0. The van der Waals surface area contributed by atoms with Crippen molar-refractivity contribution >= 4 is 11.6 Å². The Morgan fingerprint density at radius 3 is 2.43 bits per heavy atom. The van der Waals surface area contributed by atoms with Gasteiger partial charge >= 0.3 is 12.0 Å². The van der Waals surface area contributed by atoms with Gasteiger partial charge in [0.2, 0.25) is 0 Å². The molecule has 1 aliphatic rings. The summed E-state index contributed by atoms with van der Waals surface area (Å²) in [6.45, 7) is -0.0882. The number of amides is 1. The minimum atomic E-state index is -3.91. The van der Waals surface area contributed by atoms with E-state index in [1.807, 2.05) is 0 Å². The van der Waals surface area contributed by atoms with E-state index in [2.05, 4.69) is 4.74 Å². The highest BCUT2D eigenvalue weighted by Gasteiger charge is 2.50. The molecule has 0 unspecified atom stereocenters. The Labute approximate surface area is 118 Å². The van der Waals surface area contributed by atoms with Crippen LogP contribution in [-0.2, 0) is 11.3 Å². The molecule has 2 aromatic carbocycles. The summed E-state index contributed by atoms with van der Waals surface area (Å²) in [7, 11) is 0. The molecule has 108 valence electrons. The summed E-state index contributed by atoms with van der Waals surface area (Å²) in [5, 5.41) is 0. The van der Waals surface area contributed by atoms with Crippen molar-refractivity contribution in [2.24, 2.45) is 0 Å². The van der Waals surface area contributed by atoms with Crippen LogP contribution in [0.15, 0.2) is 48.5 Å². The van der Waals surface area contributed by atoms with Crippen LogP contribution in [0.2, 0.25) is 0 Å². The van der Waals surface area contributed by atoms with E-state index in [9.17, 15) is 18.0 Å². The van der Waals surface area contributed by atoms with Gasteiger partial charge in [0.15, 0.2) is 5.75 Å². The number of carbonyl (C=O) groups excluding carboxylic acids is 1. The molecule has 3 nitrogen and oxygen atoms in total.